The number of carbonyl (C=O) groups is 1. The van der Waals surface area contributed by atoms with Gasteiger partial charge < -0.3 is 10.5 Å². The van der Waals surface area contributed by atoms with E-state index in [1.54, 1.807) is 18.2 Å². The number of para-hydroxylation sites is 1. The third-order valence-electron chi connectivity index (χ3n) is 1.66. The van der Waals surface area contributed by atoms with Gasteiger partial charge in [0.1, 0.15) is 5.75 Å². The van der Waals surface area contributed by atoms with Gasteiger partial charge in [-0.15, -0.1) is 6.42 Å². The Labute approximate surface area is 76.5 Å². The quantitative estimate of drug-likeness (QED) is 0.317. The fraction of sp³-hybridized carbons (Fsp3) is 0.100. The highest BCUT2D eigenvalue weighted by atomic mass is 16.5. The van der Waals surface area contributed by atoms with Crippen LogP contribution >= 0.6 is 0 Å². The van der Waals surface area contributed by atoms with Crippen LogP contribution in [0.5, 0.6) is 5.75 Å². The lowest BCUT2D eigenvalue weighted by Crippen LogP contribution is -2.02. The molecule has 0 aliphatic rings. The van der Waals surface area contributed by atoms with Gasteiger partial charge in [-0.05, 0) is 18.1 Å². The van der Waals surface area contributed by atoms with Crippen LogP contribution in [0.4, 0.5) is 5.69 Å². The minimum atomic E-state index is -0.434. The second kappa shape index (κ2) is 3.63. The first-order valence-electron chi connectivity index (χ1n) is 3.64. The number of hydrogen-bond acceptors (Lipinski definition) is 3. The number of hydrogen-bond donors (Lipinski definition) is 1. The second-order valence-corrected chi connectivity index (χ2v) is 2.39. The molecule has 13 heavy (non-hydrogen) atoms. The van der Waals surface area contributed by atoms with E-state index < -0.39 is 5.78 Å². The smallest absolute Gasteiger partial charge is 0.237 e. The van der Waals surface area contributed by atoms with Crippen LogP contribution in [0.15, 0.2) is 18.2 Å². The lowest BCUT2D eigenvalue weighted by molar-refractivity contribution is 0.105. The Balaban J connectivity index is 3.25. The number of anilines is 1. The highest BCUT2D eigenvalue weighted by Gasteiger charge is 2.09. The maximum atomic E-state index is 11.1. The third kappa shape index (κ3) is 1.62. The van der Waals surface area contributed by atoms with Gasteiger partial charge in [0.05, 0.1) is 18.4 Å². The van der Waals surface area contributed by atoms with Crippen LogP contribution in [0.25, 0.3) is 0 Å². The predicted octanol–water partition coefficient (Wildman–Crippen LogP) is 1.09. The average molecular weight is 175 g/mol. The summed E-state index contributed by atoms with van der Waals surface area (Å²) in [6.07, 6.45) is 4.97. The highest BCUT2D eigenvalue weighted by Crippen LogP contribution is 2.24. The number of rotatable bonds is 2. The summed E-state index contributed by atoms with van der Waals surface area (Å²) in [5, 5.41) is 0. The van der Waals surface area contributed by atoms with Crippen molar-refractivity contribution in [3.63, 3.8) is 0 Å². The monoisotopic (exact) mass is 175 g/mol. The van der Waals surface area contributed by atoms with Crippen LogP contribution in [-0.2, 0) is 0 Å². The minimum absolute atomic E-state index is 0.285. The molecule has 0 spiro atoms. The number of nitrogen functional groups attached to an aromatic ring is 1. The van der Waals surface area contributed by atoms with Gasteiger partial charge in [-0.1, -0.05) is 6.07 Å². The number of ketones is 1. The summed E-state index contributed by atoms with van der Waals surface area (Å²) >= 11 is 0. The first-order chi connectivity index (χ1) is 6.20. The van der Waals surface area contributed by atoms with Crippen LogP contribution in [0.3, 0.4) is 0 Å². The Bertz CT molecular complexity index is 377. The zero-order valence-electron chi connectivity index (χ0n) is 7.20. The summed E-state index contributed by atoms with van der Waals surface area (Å²) < 4.78 is 4.93. The maximum absolute atomic E-state index is 11.1. The molecule has 0 saturated carbocycles. The largest absolute Gasteiger partial charge is 0.495 e. The molecule has 0 aromatic heterocycles. The van der Waals surface area contributed by atoms with Crippen molar-refractivity contribution in [1.29, 1.82) is 0 Å². The van der Waals surface area contributed by atoms with Crippen molar-refractivity contribution in [2.75, 3.05) is 12.8 Å². The van der Waals surface area contributed by atoms with E-state index in [2.05, 4.69) is 0 Å². The molecule has 1 rings (SSSR count). The lowest BCUT2D eigenvalue weighted by Gasteiger charge is -2.06. The molecule has 1 aromatic rings. The zero-order chi connectivity index (χ0) is 9.84. The van der Waals surface area contributed by atoms with Gasteiger partial charge >= 0.3 is 0 Å². The molecule has 66 valence electrons. The zero-order valence-corrected chi connectivity index (χ0v) is 7.20. The van der Waals surface area contributed by atoms with E-state index >= 15 is 0 Å². The van der Waals surface area contributed by atoms with E-state index in [1.165, 1.54) is 7.11 Å². The minimum Gasteiger partial charge on any atom is -0.495 e. The fourth-order valence-corrected chi connectivity index (χ4v) is 0.998. The maximum Gasteiger partial charge on any atom is 0.237 e. The molecule has 0 heterocycles. The van der Waals surface area contributed by atoms with Crippen molar-refractivity contribution in [2.45, 2.75) is 0 Å². The molecule has 3 nitrogen and oxygen atoms in total. The number of terminal acetylenes is 1. The first-order valence-corrected chi connectivity index (χ1v) is 3.64. The molecule has 0 radical (unpaired) electrons. The third-order valence-corrected chi connectivity index (χ3v) is 1.66. The van der Waals surface area contributed by atoms with E-state index in [4.69, 9.17) is 16.9 Å². The standard InChI is InChI=1S/C10H9NO2/c1-3-8(12)7-5-4-6-9(13-2)10(7)11/h1,4-6H,11H2,2H3. The number of carbonyl (C=O) groups excluding carboxylic acids is 1. The summed E-state index contributed by atoms with van der Waals surface area (Å²) in [5.41, 5.74) is 6.22. The fourth-order valence-electron chi connectivity index (χ4n) is 0.998. The van der Waals surface area contributed by atoms with Crippen molar-refractivity contribution in [3.05, 3.63) is 23.8 Å². The molecule has 0 aliphatic carbocycles. The number of ether oxygens (including phenoxy) is 1. The molecule has 0 bridgehead atoms. The van der Waals surface area contributed by atoms with Crippen LogP contribution < -0.4 is 10.5 Å². The topological polar surface area (TPSA) is 52.3 Å². The molecule has 1 aromatic carbocycles. The van der Waals surface area contributed by atoms with Crippen molar-refractivity contribution in [2.24, 2.45) is 0 Å². The van der Waals surface area contributed by atoms with Crippen molar-refractivity contribution in [1.82, 2.24) is 0 Å². The van der Waals surface area contributed by atoms with E-state index in [1.807, 2.05) is 5.92 Å². The van der Waals surface area contributed by atoms with E-state index in [-0.39, 0.29) is 5.69 Å². The summed E-state index contributed by atoms with van der Waals surface area (Å²) in [6.45, 7) is 0. The predicted molar refractivity (Wildman–Crippen MR) is 50.6 cm³/mol. The Morgan fingerprint density at radius 3 is 2.85 bits per heavy atom. The van der Waals surface area contributed by atoms with Crippen LogP contribution in [0.1, 0.15) is 10.4 Å². The molecule has 2 N–H and O–H groups in total. The van der Waals surface area contributed by atoms with Crippen molar-refractivity contribution >= 4 is 11.5 Å². The lowest BCUT2D eigenvalue weighted by atomic mass is 10.1. The van der Waals surface area contributed by atoms with Gasteiger partial charge in [0.25, 0.3) is 0 Å². The van der Waals surface area contributed by atoms with Gasteiger partial charge in [-0.25, -0.2) is 0 Å². The van der Waals surface area contributed by atoms with Crippen LogP contribution in [0, 0.1) is 12.3 Å². The Morgan fingerprint density at radius 1 is 1.62 bits per heavy atom. The molecule has 3 heteroatoms. The van der Waals surface area contributed by atoms with Gasteiger partial charge in [-0.3, -0.25) is 4.79 Å². The molecule has 0 saturated heterocycles. The molecule has 0 unspecified atom stereocenters. The van der Waals surface area contributed by atoms with Crippen molar-refractivity contribution < 1.29 is 9.53 Å². The van der Waals surface area contributed by atoms with Gasteiger partial charge in [0, 0.05) is 0 Å². The normalized spacial score (nSPS) is 8.92. The summed E-state index contributed by atoms with van der Waals surface area (Å²) in [6, 6.07) is 4.91. The Kier molecular flexibility index (Phi) is 2.56. The van der Waals surface area contributed by atoms with Crippen LogP contribution in [-0.4, -0.2) is 12.9 Å². The highest BCUT2D eigenvalue weighted by molar-refractivity contribution is 6.12. The van der Waals surface area contributed by atoms with Crippen molar-refractivity contribution in [3.8, 4) is 18.1 Å². The van der Waals surface area contributed by atoms with Gasteiger partial charge in [-0.2, -0.15) is 0 Å². The molecule has 0 fully saturated rings. The number of benzene rings is 1. The summed E-state index contributed by atoms with van der Waals surface area (Å²) in [4.78, 5) is 11.1. The molecular weight excluding hydrogens is 166 g/mol. The van der Waals surface area contributed by atoms with Crippen LogP contribution in [0.2, 0.25) is 0 Å². The molecular formula is C10H9NO2. The summed E-state index contributed by atoms with van der Waals surface area (Å²) in [7, 11) is 1.48. The Morgan fingerprint density at radius 2 is 2.31 bits per heavy atom. The average Bonchev–Trinajstić information content (AvgIpc) is 2.17. The SMILES string of the molecule is C#CC(=O)c1cccc(OC)c1N. The molecule has 0 amide bonds. The second-order valence-electron chi connectivity index (χ2n) is 2.39. The molecule has 0 aliphatic heterocycles. The van der Waals surface area contributed by atoms with Gasteiger partial charge in [0.2, 0.25) is 5.78 Å². The van der Waals surface area contributed by atoms with E-state index in [9.17, 15) is 4.79 Å². The van der Waals surface area contributed by atoms with E-state index in [0.717, 1.165) is 0 Å². The number of Topliss-reactive ketones (excluding diaryl/α,β-unsaturated/α-hetero) is 1. The summed E-state index contributed by atoms with van der Waals surface area (Å²) in [5.74, 6) is 2.02. The number of nitrogens with two attached hydrogens (primary N) is 1. The van der Waals surface area contributed by atoms with E-state index in [0.29, 0.717) is 11.3 Å². The Hall–Kier alpha value is -1.95. The first kappa shape index (κ1) is 9.14. The van der Waals surface area contributed by atoms with Gasteiger partial charge in [0.15, 0.2) is 0 Å². The molecule has 0 atom stereocenters. The number of methoxy groups -OCH3 is 1.